The highest BCUT2D eigenvalue weighted by atomic mass is 35.5. The Labute approximate surface area is 219 Å². The zero-order valence-electron chi connectivity index (χ0n) is 20.7. The zero-order chi connectivity index (χ0) is 25.5. The highest BCUT2D eigenvalue weighted by molar-refractivity contribution is 6.32. The molecule has 4 heterocycles. The molecule has 0 atom stereocenters. The van der Waals surface area contributed by atoms with Crippen LogP contribution in [0.1, 0.15) is 13.8 Å². The van der Waals surface area contributed by atoms with Gasteiger partial charge in [0, 0.05) is 62.2 Å². The van der Waals surface area contributed by atoms with Crippen LogP contribution in [-0.2, 0) is 0 Å². The Balaban J connectivity index is 1.29. The van der Waals surface area contributed by atoms with Gasteiger partial charge in [-0.15, -0.1) is 0 Å². The molecular weight excluding hydrogens is 488 g/mol. The molecule has 37 heavy (non-hydrogen) atoms. The van der Waals surface area contributed by atoms with Gasteiger partial charge in [-0.05, 0) is 50.2 Å². The van der Waals surface area contributed by atoms with E-state index in [0.717, 1.165) is 31.9 Å². The Morgan fingerprint density at radius 1 is 0.973 bits per heavy atom. The molecule has 10 heteroatoms. The molecule has 0 saturated carbocycles. The number of piperazine rings is 1. The molecule has 0 bridgehead atoms. The molecule has 6 rings (SSSR count). The van der Waals surface area contributed by atoms with Gasteiger partial charge in [-0.2, -0.15) is 4.98 Å². The monoisotopic (exact) mass is 514 g/mol. The average Bonchev–Trinajstić information content (AvgIpc) is 3.40. The van der Waals surface area contributed by atoms with Crippen LogP contribution in [-0.4, -0.2) is 61.0 Å². The van der Waals surface area contributed by atoms with Crippen LogP contribution < -0.4 is 15.8 Å². The maximum absolute atomic E-state index is 13.5. The number of aromatic nitrogens is 5. The minimum absolute atomic E-state index is 0.282. The van der Waals surface area contributed by atoms with Crippen molar-refractivity contribution in [3.63, 3.8) is 0 Å². The number of para-hydroxylation sites is 1. The molecule has 1 fully saturated rings. The first-order valence-electron chi connectivity index (χ1n) is 12.4. The van der Waals surface area contributed by atoms with E-state index >= 15 is 0 Å². The molecule has 1 aliphatic rings. The number of nitrogens with zero attached hydrogens (tertiary/aromatic N) is 7. The molecule has 2 aromatic carbocycles. The van der Waals surface area contributed by atoms with Crippen molar-refractivity contribution in [3.8, 4) is 5.69 Å². The first-order valence-corrected chi connectivity index (χ1v) is 12.7. The number of benzene rings is 2. The summed E-state index contributed by atoms with van der Waals surface area (Å²) in [7, 11) is 0. The molecular formula is C27H27ClN8O. The largest absolute Gasteiger partial charge is 0.369 e. The first-order chi connectivity index (χ1) is 18.0. The SMILES string of the molecule is CC(C)N1CCN(c2ccc(Nc3ncc4c(=O)n(-c5ccccc5Cl)c5nccn5c4n3)cc2)CC1. The van der Waals surface area contributed by atoms with Crippen molar-refractivity contribution >= 4 is 45.7 Å². The van der Waals surface area contributed by atoms with Crippen LogP contribution in [0.15, 0.2) is 71.9 Å². The number of hydrogen-bond acceptors (Lipinski definition) is 7. The van der Waals surface area contributed by atoms with Crippen molar-refractivity contribution in [3.05, 3.63) is 82.5 Å². The minimum Gasteiger partial charge on any atom is -0.369 e. The molecule has 1 aliphatic heterocycles. The summed E-state index contributed by atoms with van der Waals surface area (Å²) < 4.78 is 3.26. The number of halogens is 1. The highest BCUT2D eigenvalue weighted by Crippen LogP contribution is 2.24. The van der Waals surface area contributed by atoms with Gasteiger partial charge in [0.15, 0.2) is 5.65 Å². The van der Waals surface area contributed by atoms with Crippen molar-refractivity contribution in [1.29, 1.82) is 0 Å². The van der Waals surface area contributed by atoms with Gasteiger partial charge in [0.1, 0.15) is 5.39 Å². The van der Waals surface area contributed by atoms with E-state index in [-0.39, 0.29) is 5.56 Å². The van der Waals surface area contributed by atoms with Crippen molar-refractivity contribution < 1.29 is 0 Å². The fourth-order valence-corrected chi connectivity index (χ4v) is 5.06. The second kappa shape index (κ2) is 9.49. The summed E-state index contributed by atoms with van der Waals surface area (Å²) in [6, 6.07) is 16.1. The van der Waals surface area contributed by atoms with Gasteiger partial charge < -0.3 is 10.2 Å². The molecule has 3 aromatic heterocycles. The van der Waals surface area contributed by atoms with Gasteiger partial charge in [-0.3, -0.25) is 14.1 Å². The maximum atomic E-state index is 13.5. The molecule has 188 valence electrons. The summed E-state index contributed by atoms with van der Waals surface area (Å²) in [6.07, 6.45) is 4.95. The molecule has 0 spiro atoms. The Morgan fingerprint density at radius 3 is 2.46 bits per heavy atom. The normalized spacial score (nSPS) is 14.6. The van der Waals surface area contributed by atoms with Gasteiger partial charge in [-0.1, -0.05) is 23.7 Å². The van der Waals surface area contributed by atoms with Crippen molar-refractivity contribution in [2.75, 3.05) is 36.4 Å². The standard InChI is InChI=1S/C27H27ClN8O/c1-18(2)33-13-15-34(16-14-33)20-9-7-19(8-10-20)31-26-30-17-21-24(32-26)35-12-11-29-27(35)36(25(21)37)23-6-4-3-5-22(23)28/h3-12,17-18H,13-16H2,1-2H3,(H,30,31,32). The Bertz CT molecular complexity index is 1630. The predicted molar refractivity (Wildman–Crippen MR) is 148 cm³/mol. The van der Waals surface area contributed by atoms with Crippen LogP contribution >= 0.6 is 11.6 Å². The Morgan fingerprint density at radius 2 is 1.73 bits per heavy atom. The fraction of sp³-hybridized carbons (Fsp3) is 0.259. The van der Waals surface area contributed by atoms with Crippen molar-refractivity contribution in [2.24, 2.45) is 0 Å². The maximum Gasteiger partial charge on any atom is 0.270 e. The third-order valence-electron chi connectivity index (χ3n) is 6.88. The van der Waals surface area contributed by atoms with E-state index in [1.807, 2.05) is 24.3 Å². The van der Waals surface area contributed by atoms with Gasteiger partial charge in [0.2, 0.25) is 11.7 Å². The van der Waals surface area contributed by atoms with Crippen LogP contribution in [0.4, 0.5) is 17.3 Å². The number of hydrogen-bond donors (Lipinski definition) is 1. The highest BCUT2D eigenvalue weighted by Gasteiger charge is 2.19. The summed E-state index contributed by atoms with van der Waals surface area (Å²) in [4.78, 5) is 31.9. The fourth-order valence-electron chi connectivity index (χ4n) is 4.84. The van der Waals surface area contributed by atoms with Crippen LogP contribution in [0.25, 0.3) is 22.5 Å². The van der Waals surface area contributed by atoms with Crippen molar-refractivity contribution in [2.45, 2.75) is 19.9 Å². The minimum atomic E-state index is -0.282. The lowest BCUT2D eigenvalue weighted by Crippen LogP contribution is -2.48. The smallest absolute Gasteiger partial charge is 0.270 e. The number of imidazole rings is 1. The molecule has 0 amide bonds. The van der Waals surface area contributed by atoms with Crippen LogP contribution in [0.2, 0.25) is 5.02 Å². The van der Waals surface area contributed by atoms with Gasteiger partial charge >= 0.3 is 0 Å². The molecule has 1 saturated heterocycles. The number of anilines is 3. The summed E-state index contributed by atoms with van der Waals surface area (Å²) in [6.45, 7) is 8.68. The second-order valence-electron chi connectivity index (χ2n) is 9.41. The lowest BCUT2D eigenvalue weighted by atomic mass is 10.2. The van der Waals surface area contributed by atoms with Gasteiger partial charge in [0.25, 0.3) is 5.56 Å². The summed E-state index contributed by atoms with van der Waals surface area (Å²) in [5.74, 6) is 0.827. The van der Waals surface area contributed by atoms with Gasteiger partial charge in [0.05, 0.1) is 10.7 Å². The molecule has 5 aromatic rings. The number of rotatable bonds is 5. The van der Waals surface area contributed by atoms with E-state index in [4.69, 9.17) is 11.6 Å². The van der Waals surface area contributed by atoms with Crippen LogP contribution in [0.5, 0.6) is 0 Å². The van der Waals surface area contributed by atoms with E-state index < -0.39 is 0 Å². The zero-order valence-corrected chi connectivity index (χ0v) is 21.4. The molecule has 0 radical (unpaired) electrons. The Kier molecular flexibility index (Phi) is 6.02. The van der Waals surface area contributed by atoms with E-state index in [1.165, 1.54) is 10.3 Å². The molecule has 1 N–H and O–H groups in total. The van der Waals surface area contributed by atoms with Crippen LogP contribution in [0.3, 0.4) is 0 Å². The average molecular weight is 515 g/mol. The summed E-state index contributed by atoms with van der Waals surface area (Å²) in [5, 5.41) is 4.09. The predicted octanol–water partition coefficient (Wildman–Crippen LogP) is 4.36. The third-order valence-corrected chi connectivity index (χ3v) is 7.20. The lowest BCUT2D eigenvalue weighted by molar-refractivity contribution is 0.209. The van der Waals surface area contributed by atoms with Crippen molar-refractivity contribution in [1.82, 2.24) is 28.8 Å². The summed E-state index contributed by atoms with van der Waals surface area (Å²) >= 11 is 6.40. The van der Waals surface area contributed by atoms with E-state index in [2.05, 4.69) is 56.0 Å². The van der Waals surface area contributed by atoms with Crippen LogP contribution in [0, 0.1) is 0 Å². The number of fused-ring (bicyclic) bond motifs is 3. The van der Waals surface area contributed by atoms with E-state index in [0.29, 0.717) is 39.5 Å². The topological polar surface area (TPSA) is 83.6 Å². The van der Waals surface area contributed by atoms with Gasteiger partial charge in [-0.25, -0.2) is 14.5 Å². The second-order valence-corrected chi connectivity index (χ2v) is 9.82. The number of nitrogens with one attached hydrogen (secondary N) is 1. The lowest BCUT2D eigenvalue weighted by Gasteiger charge is -2.38. The van der Waals surface area contributed by atoms with E-state index in [1.54, 1.807) is 35.1 Å². The summed E-state index contributed by atoms with van der Waals surface area (Å²) in [5.41, 5.74) is 2.82. The molecule has 9 nitrogen and oxygen atoms in total. The quantitative estimate of drug-likeness (QED) is 0.373. The first kappa shape index (κ1) is 23.4. The third kappa shape index (κ3) is 4.30. The molecule has 0 unspecified atom stereocenters. The Hall–Kier alpha value is -3.95. The van der Waals surface area contributed by atoms with E-state index in [9.17, 15) is 4.79 Å². The molecule has 0 aliphatic carbocycles.